The monoisotopic (exact) mass is 314 g/mol. The molecule has 6 heteroatoms. The molecule has 2 aromatic rings. The third-order valence-corrected chi connectivity index (χ3v) is 3.95. The van der Waals surface area contributed by atoms with Gasteiger partial charge in [-0.2, -0.15) is 0 Å². The van der Waals surface area contributed by atoms with E-state index in [0.717, 1.165) is 42.3 Å². The van der Waals surface area contributed by atoms with E-state index in [1.165, 1.54) is 0 Å². The van der Waals surface area contributed by atoms with E-state index in [9.17, 15) is 0 Å². The Kier molecular flexibility index (Phi) is 4.73. The van der Waals surface area contributed by atoms with Crippen molar-refractivity contribution in [1.29, 1.82) is 0 Å². The lowest BCUT2D eigenvalue weighted by atomic mass is 10.2. The van der Waals surface area contributed by atoms with Gasteiger partial charge in [0, 0.05) is 37.9 Å². The molecule has 0 bridgehead atoms. The van der Waals surface area contributed by atoms with Crippen molar-refractivity contribution < 1.29 is 9.47 Å². The van der Waals surface area contributed by atoms with E-state index in [1.807, 2.05) is 30.3 Å². The lowest BCUT2D eigenvalue weighted by Crippen LogP contribution is -2.27. The minimum absolute atomic E-state index is 0.209. The molecule has 1 aromatic carbocycles. The van der Waals surface area contributed by atoms with E-state index in [-0.39, 0.29) is 6.04 Å². The van der Waals surface area contributed by atoms with Crippen molar-refractivity contribution in [3.63, 3.8) is 0 Å². The Morgan fingerprint density at radius 2 is 2.00 bits per heavy atom. The highest BCUT2D eigenvalue weighted by atomic mass is 16.5. The van der Waals surface area contributed by atoms with Crippen LogP contribution in [0, 0.1) is 0 Å². The van der Waals surface area contributed by atoms with Crippen molar-refractivity contribution in [1.82, 2.24) is 9.97 Å². The molecule has 23 heavy (non-hydrogen) atoms. The molecular weight excluding hydrogens is 292 g/mol. The number of benzene rings is 1. The molecule has 3 rings (SSSR count). The molecule has 0 radical (unpaired) electrons. The molecular formula is C17H22N4O2. The van der Waals surface area contributed by atoms with Crippen molar-refractivity contribution in [2.45, 2.75) is 19.1 Å². The fraction of sp³-hybridized carbons (Fsp3) is 0.412. The average molecular weight is 314 g/mol. The summed E-state index contributed by atoms with van der Waals surface area (Å²) >= 11 is 0. The topological polar surface area (TPSA) is 73.5 Å². The summed E-state index contributed by atoms with van der Waals surface area (Å²) in [4.78, 5) is 11.5. The van der Waals surface area contributed by atoms with Crippen LogP contribution >= 0.6 is 0 Å². The van der Waals surface area contributed by atoms with Gasteiger partial charge in [-0.1, -0.05) is 0 Å². The van der Waals surface area contributed by atoms with Crippen LogP contribution in [-0.2, 0) is 11.3 Å². The van der Waals surface area contributed by atoms with Crippen LogP contribution in [-0.4, -0.2) is 43.3 Å². The summed E-state index contributed by atoms with van der Waals surface area (Å²) in [5, 5.41) is 0. The maximum Gasteiger partial charge on any atom is 0.161 e. The van der Waals surface area contributed by atoms with E-state index in [4.69, 9.17) is 20.2 Å². The molecule has 0 amide bonds. The molecule has 1 aromatic heterocycles. The molecule has 0 aliphatic carbocycles. The first-order valence-electron chi connectivity index (χ1n) is 7.71. The molecule has 2 heterocycles. The van der Waals surface area contributed by atoms with Crippen molar-refractivity contribution in [3.05, 3.63) is 36.0 Å². The first-order chi connectivity index (χ1) is 11.2. The quantitative estimate of drug-likeness (QED) is 0.908. The second kappa shape index (κ2) is 6.93. The van der Waals surface area contributed by atoms with Gasteiger partial charge in [0.25, 0.3) is 0 Å². The van der Waals surface area contributed by atoms with Gasteiger partial charge in [-0.15, -0.1) is 0 Å². The second-order valence-electron chi connectivity index (χ2n) is 5.70. The van der Waals surface area contributed by atoms with Crippen LogP contribution in [0.4, 0.5) is 5.82 Å². The van der Waals surface area contributed by atoms with Crippen LogP contribution in [0.25, 0.3) is 11.4 Å². The van der Waals surface area contributed by atoms with Crippen LogP contribution in [0.5, 0.6) is 5.75 Å². The normalized spacial score (nSPS) is 17.5. The van der Waals surface area contributed by atoms with Gasteiger partial charge in [0.2, 0.25) is 0 Å². The van der Waals surface area contributed by atoms with Crippen molar-refractivity contribution >= 4 is 5.82 Å². The van der Waals surface area contributed by atoms with Gasteiger partial charge < -0.3 is 20.1 Å². The Morgan fingerprint density at radius 1 is 1.22 bits per heavy atom. The predicted molar refractivity (Wildman–Crippen MR) is 89.5 cm³/mol. The Labute approximate surface area is 136 Å². The van der Waals surface area contributed by atoms with Gasteiger partial charge in [0.1, 0.15) is 11.6 Å². The van der Waals surface area contributed by atoms with Crippen LogP contribution in [0.15, 0.2) is 30.3 Å². The average Bonchev–Trinajstić information content (AvgIpc) is 3.01. The largest absolute Gasteiger partial charge is 0.497 e. The molecule has 1 fully saturated rings. The predicted octanol–water partition coefficient (Wildman–Crippen LogP) is 1.84. The molecule has 1 aliphatic heterocycles. The highest BCUT2D eigenvalue weighted by molar-refractivity contribution is 5.59. The minimum atomic E-state index is 0.209. The summed E-state index contributed by atoms with van der Waals surface area (Å²) < 4.78 is 10.4. The van der Waals surface area contributed by atoms with Gasteiger partial charge in [-0.3, -0.25) is 0 Å². The van der Waals surface area contributed by atoms with Gasteiger partial charge in [-0.25, -0.2) is 9.97 Å². The van der Waals surface area contributed by atoms with Gasteiger partial charge in [-0.05, 0) is 30.7 Å². The number of nitrogens with zero attached hydrogens (tertiary/aromatic N) is 3. The molecule has 1 aliphatic rings. The third kappa shape index (κ3) is 3.60. The first kappa shape index (κ1) is 15.7. The van der Waals surface area contributed by atoms with Gasteiger partial charge >= 0.3 is 0 Å². The molecule has 1 unspecified atom stereocenters. The molecule has 1 atom stereocenters. The number of hydrogen-bond acceptors (Lipinski definition) is 6. The second-order valence-corrected chi connectivity index (χ2v) is 5.70. The smallest absolute Gasteiger partial charge is 0.161 e. The lowest BCUT2D eigenvalue weighted by Gasteiger charge is -2.18. The molecule has 6 nitrogen and oxygen atoms in total. The summed E-state index contributed by atoms with van der Waals surface area (Å²) in [6.45, 7) is 2.21. The van der Waals surface area contributed by atoms with Crippen LogP contribution in [0.3, 0.4) is 0 Å². The molecule has 0 saturated carbocycles. The zero-order valence-corrected chi connectivity index (χ0v) is 13.5. The first-order valence-corrected chi connectivity index (χ1v) is 7.71. The third-order valence-electron chi connectivity index (χ3n) is 3.95. The summed E-state index contributed by atoms with van der Waals surface area (Å²) in [6.07, 6.45) is 0.988. The molecule has 0 spiro atoms. The number of ether oxygens (including phenoxy) is 2. The number of methoxy groups -OCH3 is 2. The minimum Gasteiger partial charge on any atom is -0.497 e. The molecule has 2 N–H and O–H groups in total. The van der Waals surface area contributed by atoms with Gasteiger partial charge in [0.05, 0.1) is 19.4 Å². The number of nitrogens with two attached hydrogens (primary N) is 1. The number of anilines is 1. The number of aromatic nitrogens is 2. The SMILES string of the molecule is COCc1cc(N2CCC(N)C2)nc(-c2ccc(OC)cc2)n1. The van der Waals surface area contributed by atoms with Crippen LogP contribution < -0.4 is 15.4 Å². The number of hydrogen-bond donors (Lipinski definition) is 1. The van der Waals surface area contributed by atoms with E-state index in [2.05, 4.69) is 9.88 Å². The Hall–Kier alpha value is -2.18. The zero-order chi connectivity index (χ0) is 16.2. The highest BCUT2D eigenvalue weighted by Crippen LogP contribution is 2.24. The summed E-state index contributed by atoms with van der Waals surface area (Å²) in [7, 11) is 3.32. The number of rotatable bonds is 5. The van der Waals surface area contributed by atoms with Crippen molar-refractivity contribution in [2.75, 3.05) is 32.2 Å². The van der Waals surface area contributed by atoms with E-state index >= 15 is 0 Å². The van der Waals surface area contributed by atoms with E-state index in [0.29, 0.717) is 12.4 Å². The summed E-state index contributed by atoms with van der Waals surface area (Å²) in [6, 6.07) is 9.93. The van der Waals surface area contributed by atoms with E-state index in [1.54, 1.807) is 14.2 Å². The summed E-state index contributed by atoms with van der Waals surface area (Å²) in [5.74, 6) is 2.41. The van der Waals surface area contributed by atoms with Crippen molar-refractivity contribution in [2.24, 2.45) is 5.73 Å². The van der Waals surface area contributed by atoms with Crippen molar-refractivity contribution in [3.8, 4) is 17.1 Å². The molecule has 122 valence electrons. The Morgan fingerprint density at radius 3 is 2.61 bits per heavy atom. The van der Waals surface area contributed by atoms with E-state index < -0.39 is 0 Å². The standard InChI is InChI=1S/C17H22N4O2/c1-22-11-14-9-16(21-8-7-13(18)10-21)20-17(19-14)12-3-5-15(23-2)6-4-12/h3-6,9,13H,7-8,10-11,18H2,1-2H3. The Balaban J connectivity index is 1.95. The molecule has 1 saturated heterocycles. The van der Waals surface area contributed by atoms with Gasteiger partial charge in [0.15, 0.2) is 5.82 Å². The van der Waals surface area contributed by atoms with Crippen LogP contribution in [0.1, 0.15) is 12.1 Å². The zero-order valence-electron chi connectivity index (χ0n) is 13.5. The maximum atomic E-state index is 6.02. The summed E-state index contributed by atoms with van der Waals surface area (Å²) in [5.41, 5.74) is 7.83. The van der Waals surface area contributed by atoms with Crippen LogP contribution in [0.2, 0.25) is 0 Å². The fourth-order valence-corrected chi connectivity index (χ4v) is 2.73. The Bertz CT molecular complexity index is 660. The maximum absolute atomic E-state index is 6.02. The highest BCUT2D eigenvalue weighted by Gasteiger charge is 2.21. The lowest BCUT2D eigenvalue weighted by molar-refractivity contribution is 0.181. The fourth-order valence-electron chi connectivity index (χ4n) is 2.73.